The van der Waals surface area contributed by atoms with Crippen LogP contribution in [0.25, 0.3) is 0 Å². The van der Waals surface area contributed by atoms with E-state index < -0.39 is 4.92 Å². The molecule has 2 heterocycles. The summed E-state index contributed by atoms with van der Waals surface area (Å²) >= 11 is 6.19. The van der Waals surface area contributed by atoms with E-state index in [1.54, 1.807) is 14.2 Å². The van der Waals surface area contributed by atoms with E-state index in [4.69, 9.17) is 21.1 Å². The zero-order valence-corrected chi connectivity index (χ0v) is 15.9. The lowest BCUT2D eigenvalue weighted by atomic mass is 10.0. The first-order chi connectivity index (χ1) is 13.0. The molecular formula is C18H21ClN4O4. The predicted octanol–water partition coefficient (Wildman–Crippen LogP) is 3.74. The molecule has 144 valence electrons. The Labute approximate surface area is 162 Å². The smallest absolute Gasteiger partial charge is 0.289 e. The third-order valence-electron chi connectivity index (χ3n) is 4.53. The van der Waals surface area contributed by atoms with Gasteiger partial charge in [0.15, 0.2) is 0 Å². The Balaban J connectivity index is 1.63. The van der Waals surface area contributed by atoms with Gasteiger partial charge in [-0.05, 0) is 12.8 Å². The fourth-order valence-corrected chi connectivity index (χ4v) is 3.40. The molecule has 3 rings (SSSR count). The average Bonchev–Trinajstić information content (AvgIpc) is 2.68. The van der Waals surface area contributed by atoms with Gasteiger partial charge in [-0.1, -0.05) is 11.6 Å². The number of aromatic nitrogens is 1. The summed E-state index contributed by atoms with van der Waals surface area (Å²) in [7, 11) is 3.25. The quantitative estimate of drug-likeness (QED) is 0.591. The highest BCUT2D eigenvalue weighted by Crippen LogP contribution is 2.31. The van der Waals surface area contributed by atoms with Crippen LogP contribution in [0.1, 0.15) is 12.8 Å². The first kappa shape index (κ1) is 19.0. The molecular weight excluding hydrogens is 372 g/mol. The molecule has 0 atom stereocenters. The lowest BCUT2D eigenvalue weighted by Gasteiger charge is -2.34. The zero-order valence-electron chi connectivity index (χ0n) is 15.1. The highest BCUT2D eigenvalue weighted by Gasteiger charge is 2.23. The van der Waals surface area contributed by atoms with Crippen LogP contribution in [0, 0.1) is 10.1 Å². The summed E-state index contributed by atoms with van der Waals surface area (Å²) in [6, 6.07) is 7.33. The van der Waals surface area contributed by atoms with Crippen molar-refractivity contribution < 1.29 is 14.4 Å². The maximum atomic E-state index is 10.8. The lowest BCUT2D eigenvalue weighted by molar-refractivity contribution is -0.385. The van der Waals surface area contributed by atoms with Crippen LogP contribution in [-0.4, -0.2) is 43.3 Å². The maximum absolute atomic E-state index is 10.8. The number of pyridine rings is 1. The number of anilines is 2. The number of hydrogen-bond acceptors (Lipinski definition) is 7. The largest absolute Gasteiger partial charge is 0.497 e. The van der Waals surface area contributed by atoms with Crippen molar-refractivity contribution in [1.29, 1.82) is 0 Å². The second-order valence-corrected chi connectivity index (χ2v) is 6.67. The van der Waals surface area contributed by atoms with Gasteiger partial charge in [0.2, 0.25) is 0 Å². The first-order valence-corrected chi connectivity index (χ1v) is 8.92. The summed E-state index contributed by atoms with van der Waals surface area (Å²) in [6.07, 6.45) is 3.01. The molecule has 0 aliphatic carbocycles. The van der Waals surface area contributed by atoms with E-state index in [1.165, 1.54) is 12.3 Å². The summed E-state index contributed by atoms with van der Waals surface area (Å²) < 4.78 is 10.6. The second kappa shape index (κ2) is 8.30. The minimum atomic E-state index is -0.499. The van der Waals surface area contributed by atoms with E-state index in [-0.39, 0.29) is 11.7 Å². The molecule has 1 fully saturated rings. The van der Waals surface area contributed by atoms with E-state index in [2.05, 4.69) is 15.2 Å². The summed E-state index contributed by atoms with van der Waals surface area (Å²) in [4.78, 5) is 16.5. The van der Waals surface area contributed by atoms with Crippen molar-refractivity contribution in [2.75, 3.05) is 37.5 Å². The van der Waals surface area contributed by atoms with Crippen molar-refractivity contribution in [2.24, 2.45) is 0 Å². The van der Waals surface area contributed by atoms with Crippen LogP contribution in [0.15, 0.2) is 30.5 Å². The van der Waals surface area contributed by atoms with Gasteiger partial charge in [-0.3, -0.25) is 10.1 Å². The van der Waals surface area contributed by atoms with Gasteiger partial charge in [-0.2, -0.15) is 0 Å². The molecule has 1 aliphatic rings. The number of nitro groups is 1. The summed E-state index contributed by atoms with van der Waals surface area (Å²) in [5.41, 5.74) is 0.836. The summed E-state index contributed by atoms with van der Waals surface area (Å²) in [6.45, 7) is 1.51. The number of benzene rings is 1. The van der Waals surface area contributed by atoms with Gasteiger partial charge in [-0.15, -0.1) is 0 Å². The number of hydrogen-bond donors (Lipinski definition) is 1. The number of halogens is 1. The van der Waals surface area contributed by atoms with Crippen LogP contribution in [0.2, 0.25) is 5.02 Å². The molecule has 2 aromatic rings. The second-order valence-electron chi connectivity index (χ2n) is 6.26. The zero-order chi connectivity index (χ0) is 19.4. The Morgan fingerprint density at radius 1 is 1.19 bits per heavy atom. The molecule has 0 amide bonds. The highest BCUT2D eigenvalue weighted by atomic mass is 35.5. The van der Waals surface area contributed by atoms with Crippen LogP contribution < -0.4 is 19.7 Å². The predicted molar refractivity (Wildman–Crippen MR) is 104 cm³/mol. The molecule has 1 N–H and O–H groups in total. The van der Waals surface area contributed by atoms with Crippen LogP contribution in [-0.2, 0) is 0 Å². The molecule has 1 aliphatic heterocycles. The Kier molecular flexibility index (Phi) is 5.85. The molecule has 0 bridgehead atoms. The monoisotopic (exact) mass is 392 g/mol. The van der Waals surface area contributed by atoms with Gasteiger partial charge in [0, 0.05) is 49.1 Å². The van der Waals surface area contributed by atoms with Crippen LogP contribution in [0.3, 0.4) is 0 Å². The van der Waals surface area contributed by atoms with Crippen LogP contribution in [0.5, 0.6) is 11.5 Å². The van der Waals surface area contributed by atoms with Gasteiger partial charge >= 0.3 is 0 Å². The van der Waals surface area contributed by atoms with Gasteiger partial charge in [0.05, 0.1) is 24.2 Å². The first-order valence-electron chi connectivity index (χ1n) is 8.54. The molecule has 9 heteroatoms. The van der Waals surface area contributed by atoms with Crippen molar-refractivity contribution in [3.8, 4) is 11.5 Å². The summed E-state index contributed by atoms with van der Waals surface area (Å²) in [5, 5.41) is 14.6. The Hall–Kier alpha value is -2.74. The van der Waals surface area contributed by atoms with Crippen LogP contribution in [0.4, 0.5) is 17.2 Å². The van der Waals surface area contributed by atoms with Crippen LogP contribution >= 0.6 is 11.6 Å². The number of piperidine rings is 1. The number of nitrogens with one attached hydrogen (secondary N) is 1. The van der Waals surface area contributed by atoms with E-state index in [9.17, 15) is 10.1 Å². The molecule has 0 saturated carbocycles. The normalized spacial score (nSPS) is 14.7. The third kappa shape index (κ3) is 4.51. The van der Waals surface area contributed by atoms with Crippen molar-refractivity contribution in [2.45, 2.75) is 18.9 Å². The number of ether oxygens (including phenoxy) is 2. The third-order valence-corrected chi connectivity index (χ3v) is 4.81. The standard InChI is InChI=1S/C18H21ClN4O4/c1-26-15-7-13(8-16(10-15)27-2)21-12-3-5-22(6-4-12)18-17(19)9-14(11-20-18)23(24)25/h7-12,21H,3-6H2,1-2H3. The van der Waals surface area contributed by atoms with Gasteiger partial charge in [0.1, 0.15) is 23.5 Å². The van der Waals surface area contributed by atoms with E-state index in [1.807, 2.05) is 18.2 Å². The lowest BCUT2D eigenvalue weighted by Crippen LogP contribution is -2.39. The number of rotatable bonds is 6. The Bertz CT molecular complexity index is 803. The van der Waals surface area contributed by atoms with Gasteiger partial charge < -0.3 is 19.7 Å². The number of methoxy groups -OCH3 is 2. The van der Waals surface area contributed by atoms with E-state index in [0.29, 0.717) is 10.8 Å². The molecule has 1 saturated heterocycles. The van der Waals surface area contributed by atoms with Gasteiger partial charge in [-0.25, -0.2) is 4.98 Å². The van der Waals surface area contributed by atoms with Crippen molar-refractivity contribution in [3.05, 3.63) is 45.6 Å². The molecule has 8 nitrogen and oxygen atoms in total. The molecule has 0 radical (unpaired) electrons. The van der Waals surface area contributed by atoms with Crippen molar-refractivity contribution in [3.63, 3.8) is 0 Å². The van der Waals surface area contributed by atoms with E-state index >= 15 is 0 Å². The SMILES string of the molecule is COc1cc(NC2CCN(c3ncc([N+](=O)[O-])cc3Cl)CC2)cc(OC)c1. The van der Waals surface area contributed by atoms with E-state index in [0.717, 1.165) is 43.1 Å². The number of nitrogens with zero attached hydrogens (tertiary/aromatic N) is 3. The molecule has 0 spiro atoms. The fourth-order valence-electron chi connectivity index (χ4n) is 3.12. The minimum Gasteiger partial charge on any atom is -0.497 e. The molecule has 1 aromatic carbocycles. The molecule has 1 aromatic heterocycles. The topological polar surface area (TPSA) is 89.8 Å². The van der Waals surface area contributed by atoms with Gasteiger partial charge in [0.25, 0.3) is 5.69 Å². The van der Waals surface area contributed by atoms with Crippen molar-refractivity contribution >= 4 is 28.8 Å². The Morgan fingerprint density at radius 3 is 2.33 bits per heavy atom. The summed E-state index contributed by atoms with van der Waals surface area (Å²) in [5.74, 6) is 2.05. The fraction of sp³-hybridized carbons (Fsp3) is 0.389. The highest BCUT2D eigenvalue weighted by molar-refractivity contribution is 6.33. The van der Waals surface area contributed by atoms with Crippen molar-refractivity contribution in [1.82, 2.24) is 4.98 Å². The average molecular weight is 393 g/mol. The minimum absolute atomic E-state index is 0.104. The maximum Gasteiger partial charge on any atom is 0.289 e. The molecule has 27 heavy (non-hydrogen) atoms. The Morgan fingerprint density at radius 2 is 1.81 bits per heavy atom. The molecule has 0 unspecified atom stereocenters.